The first-order valence-corrected chi connectivity index (χ1v) is 18.5. The Bertz CT molecular complexity index is 2230. The standard InChI is InChI=1S/C39H42N8O9/c1-4-41-37(52)35-45-44-34(25-17-24(20(2)3)29(48)18-30(25)49)47(35)21-8-10-31(55-22-12-14-40-15-13-22)32(16-21)56-39(54)42-27-7-5-6-23-26(27)19-46(38(23)53)28-9-11-33(50)43-36(28)51/h5-8,10,16-18,20,22,28,40,48-49H,4,9,11-15,19H2,1-3H3,(H,41,52)(H,42,54)(H,43,50,51). The lowest BCUT2D eigenvalue weighted by Crippen LogP contribution is -2.52. The molecule has 3 aliphatic heterocycles. The number of hydrogen-bond donors (Lipinski definition) is 6. The molecule has 2 fully saturated rings. The van der Waals surface area contributed by atoms with E-state index >= 15 is 0 Å². The van der Waals surface area contributed by atoms with Crippen LogP contribution in [0.4, 0.5) is 10.5 Å². The molecule has 0 radical (unpaired) electrons. The summed E-state index contributed by atoms with van der Waals surface area (Å²) >= 11 is 0. The van der Waals surface area contributed by atoms with Gasteiger partial charge in [-0.15, -0.1) is 10.2 Å². The first-order chi connectivity index (χ1) is 26.9. The topological polar surface area (TPSA) is 226 Å². The third kappa shape index (κ3) is 7.44. The van der Waals surface area contributed by atoms with Gasteiger partial charge in [0.15, 0.2) is 17.3 Å². The highest BCUT2D eigenvalue weighted by Gasteiger charge is 2.40. The Morgan fingerprint density at radius 1 is 0.964 bits per heavy atom. The van der Waals surface area contributed by atoms with Crippen molar-refractivity contribution in [2.75, 3.05) is 25.0 Å². The second-order valence-corrected chi connectivity index (χ2v) is 14.1. The molecule has 3 aliphatic rings. The van der Waals surface area contributed by atoms with Gasteiger partial charge in [0, 0.05) is 48.5 Å². The van der Waals surface area contributed by atoms with Crippen molar-refractivity contribution in [3.63, 3.8) is 0 Å². The zero-order valence-corrected chi connectivity index (χ0v) is 31.0. The summed E-state index contributed by atoms with van der Waals surface area (Å²) in [6, 6.07) is 11.5. The first-order valence-electron chi connectivity index (χ1n) is 18.5. The number of aromatic nitrogens is 3. The highest BCUT2D eigenvalue weighted by atomic mass is 16.6. The average Bonchev–Trinajstić information content (AvgIpc) is 3.75. The summed E-state index contributed by atoms with van der Waals surface area (Å²) in [7, 11) is 0. The lowest BCUT2D eigenvalue weighted by molar-refractivity contribution is -0.136. The maximum atomic E-state index is 13.8. The van der Waals surface area contributed by atoms with Gasteiger partial charge in [-0.05, 0) is 81.1 Å². The molecular weight excluding hydrogens is 724 g/mol. The van der Waals surface area contributed by atoms with E-state index in [1.807, 2.05) is 13.8 Å². The molecule has 6 N–H and O–H groups in total. The summed E-state index contributed by atoms with van der Waals surface area (Å²) in [6.07, 6.45) is 0.599. The SMILES string of the molecule is CCNC(=O)c1nnc(-c2cc(C(C)C)c(O)cc2O)n1-c1ccc(OC2CCNCC2)c(OC(=O)Nc2cccc3c2CN(C2CCC(=O)NC2=O)C3=O)c1. The molecule has 0 spiro atoms. The Kier molecular flexibility index (Phi) is 10.6. The number of carbonyl (C=O) groups excluding carboxylic acids is 5. The number of carbonyl (C=O) groups is 5. The van der Waals surface area contributed by atoms with Gasteiger partial charge in [0.1, 0.15) is 23.6 Å². The summed E-state index contributed by atoms with van der Waals surface area (Å²) in [5, 5.41) is 41.1. The molecular formula is C39H42N8O9. The summed E-state index contributed by atoms with van der Waals surface area (Å²) in [6.45, 7) is 7.31. The monoisotopic (exact) mass is 766 g/mol. The van der Waals surface area contributed by atoms with Crippen LogP contribution in [-0.2, 0) is 16.1 Å². The molecule has 7 rings (SSSR count). The van der Waals surface area contributed by atoms with Crippen molar-refractivity contribution in [2.45, 2.75) is 71.1 Å². The maximum Gasteiger partial charge on any atom is 0.417 e. The molecule has 292 valence electrons. The number of hydrogen-bond acceptors (Lipinski definition) is 12. The summed E-state index contributed by atoms with van der Waals surface area (Å²) < 4.78 is 13.7. The van der Waals surface area contributed by atoms with Crippen LogP contribution in [0, 0.1) is 0 Å². The van der Waals surface area contributed by atoms with Gasteiger partial charge in [-0.2, -0.15) is 0 Å². The number of nitrogens with zero attached hydrogens (tertiary/aromatic N) is 4. The number of phenolic OH excluding ortho intramolecular Hbond substituents is 2. The number of aromatic hydroxyl groups is 2. The fourth-order valence-electron chi connectivity index (χ4n) is 7.17. The fourth-order valence-corrected chi connectivity index (χ4v) is 7.17. The van der Waals surface area contributed by atoms with Crippen molar-refractivity contribution >= 4 is 35.4 Å². The summed E-state index contributed by atoms with van der Waals surface area (Å²) in [5.74, 6) is -2.22. The van der Waals surface area contributed by atoms with Crippen LogP contribution in [0.15, 0.2) is 48.5 Å². The van der Waals surface area contributed by atoms with Crippen LogP contribution in [0.3, 0.4) is 0 Å². The van der Waals surface area contributed by atoms with Crippen LogP contribution < -0.4 is 30.7 Å². The molecule has 4 aromatic rings. The number of piperidine rings is 2. The predicted octanol–water partition coefficient (Wildman–Crippen LogP) is 3.72. The van der Waals surface area contributed by atoms with Gasteiger partial charge in [-0.3, -0.25) is 34.4 Å². The van der Waals surface area contributed by atoms with E-state index in [0.717, 1.165) is 13.1 Å². The molecule has 2 saturated heterocycles. The van der Waals surface area contributed by atoms with Crippen LogP contribution in [-0.4, -0.2) is 91.4 Å². The van der Waals surface area contributed by atoms with Crippen molar-refractivity contribution in [3.8, 4) is 40.1 Å². The molecule has 56 heavy (non-hydrogen) atoms. The molecule has 3 aromatic carbocycles. The van der Waals surface area contributed by atoms with Crippen molar-refractivity contribution in [1.82, 2.24) is 35.6 Å². The van der Waals surface area contributed by atoms with Gasteiger partial charge in [0.05, 0.1) is 11.3 Å². The zero-order chi connectivity index (χ0) is 39.7. The van der Waals surface area contributed by atoms with E-state index in [9.17, 15) is 34.2 Å². The number of ether oxygens (including phenoxy) is 2. The van der Waals surface area contributed by atoms with Crippen LogP contribution in [0.5, 0.6) is 23.0 Å². The normalized spacial score (nSPS) is 17.1. The Balaban J connectivity index is 1.24. The number of nitrogens with one attached hydrogen (secondary N) is 4. The minimum Gasteiger partial charge on any atom is -0.508 e. The van der Waals surface area contributed by atoms with Gasteiger partial charge in [0.25, 0.3) is 11.8 Å². The van der Waals surface area contributed by atoms with E-state index in [-0.39, 0.29) is 83.0 Å². The predicted molar refractivity (Wildman–Crippen MR) is 201 cm³/mol. The number of anilines is 1. The van der Waals surface area contributed by atoms with Crippen LogP contribution in [0.2, 0.25) is 0 Å². The quantitative estimate of drug-likeness (QED) is 0.127. The van der Waals surface area contributed by atoms with Crippen LogP contribution in [0.25, 0.3) is 17.1 Å². The molecule has 4 heterocycles. The molecule has 17 nitrogen and oxygen atoms in total. The Morgan fingerprint density at radius 2 is 1.75 bits per heavy atom. The minimum absolute atomic E-state index is 0.00773. The molecule has 1 aromatic heterocycles. The van der Waals surface area contributed by atoms with Crippen LogP contribution >= 0.6 is 0 Å². The smallest absolute Gasteiger partial charge is 0.417 e. The number of imide groups is 1. The molecule has 0 saturated carbocycles. The molecule has 0 bridgehead atoms. The van der Waals surface area contributed by atoms with Crippen LogP contribution in [0.1, 0.15) is 84.5 Å². The maximum absolute atomic E-state index is 13.8. The van der Waals surface area contributed by atoms with E-state index in [4.69, 9.17) is 9.47 Å². The van der Waals surface area contributed by atoms with Crippen molar-refractivity contribution in [1.29, 1.82) is 0 Å². The third-order valence-electron chi connectivity index (χ3n) is 10.00. The van der Waals surface area contributed by atoms with Crippen molar-refractivity contribution in [2.24, 2.45) is 0 Å². The Hall–Kier alpha value is -6.49. The van der Waals surface area contributed by atoms with Gasteiger partial charge >= 0.3 is 6.09 Å². The minimum atomic E-state index is -0.914. The zero-order valence-electron chi connectivity index (χ0n) is 31.0. The molecule has 17 heteroatoms. The number of phenols is 2. The highest BCUT2D eigenvalue weighted by Crippen LogP contribution is 2.40. The average molecular weight is 767 g/mol. The lowest BCUT2D eigenvalue weighted by Gasteiger charge is -2.29. The molecule has 5 amide bonds. The second-order valence-electron chi connectivity index (χ2n) is 14.1. The highest BCUT2D eigenvalue weighted by molar-refractivity contribution is 6.06. The van der Waals surface area contributed by atoms with E-state index in [2.05, 4.69) is 31.5 Å². The van der Waals surface area contributed by atoms with Gasteiger partial charge in [-0.1, -0.05) is 19.9 Å². The molecule has 1 unspecified atom stereocenters. The van der Waals surface area contributed by atoms with Gasteiger partial charge in [-0.25, -0.2) is 4.79 Å². The van der Waals surface area contributed by atoms with E-state index in [1.165, 1.54) is 21.6 Å². The number of rotatable bonds is 10. The lowest BCUT2D eigenvalue weighted by atomic mass is 9.98. The van der Waals surface area contributed by atoms with Crippen molar-refractivity contribution in [3.05, 3.63) is 71.0 Å². The van der Waals surface area contributed by atoms with E-state index < -0.39 is 35.8 Å². The van der Waals surface area contributed by atoms with Gasteiger partial charge in [0.2, 0.25) is 17.6 Å². The Labute approximate surface area is 321 Å². The summed E-state index contributed by atoms with van der Waals surface area (Å²) in [4.78, 5) is 66.2. The number of fused-ring (bicyclic) bond motifs is 1. The largest absolute Gasteiger partial charge is 0.508 e. The van der Waals surface area contributed by atoms with E-state index in [0.29, 0.717) is 36.1 Å². The third-order valence-corrected chi connectivity index (χ3v) is 10.00. The number of benzene rings is 3. The molecule has 1 atom stereocenters. The Morgan fingerprint density at radius 3 is 2.48 bits per heavy atom. The fraction of sp³-hybridized carbons (Fsp3) is 0.359. The van der Waals surface area contributed by atoms with Crippen molar-refractivity contribution < 1.29 is 43.7 Å². The van der Waals surface area contributed by atoms with E-state index in [1.54, 1.807) is 43.3 Å². The molecule has 0 aliphatic carbocycles. The first kappa shape index (κ1) is 37.8. The van der Waals surface area contributed by atoms with Gasteiger partial charge < -0.3 is 35.2 Å². The second kappa shape index (κ2) is 15.7. The summed E-state index contributed by atoms with van der Waals surface area (Å²) in [5.41, 5.74) is 2.10. The number of amides is 5.